The number of halogens is 1. The van der Waals surface area contributed by atoms with Crippen LogP contribution in [0.3, 0.4) is 0 Å². The van der Waals surface area contributed by atoms with Gasteiger partial charge in [-0.25, -0.2) is 4.79 Å². The van der Waals surface area contributed by atoms with Crippen LogP contribution in [0, 0.1) is 5.92 Å². The van der Waals surface area contributed by atoms with Crippen molar-refractivity contribution in [1.29, 1.82) is 0 Å². The van der Waals surface area contributed by atoms with E-state index in [0.29, 0.717) is 24.5 Å². The SMILES string of the molecule is CC(C)(C)OC(=O)N1CC[C@@H](NCc2ccc(Cl)cc2)[C@H](C(=O)O)C1. The molecule has 0 spiro atoms. The highest BCUT2D eigenvalue weighted by atomic mass is 35.5. The first-order valence-corrected chi connectivity index (χ1v) is 8.72. The molecule has 1 aromatic rings. The lowest BCUT2D eigenvalue weighted by molar-refractivity contribution is -0.144. The van der Waals surface area contributed by atoms with Crippen molar-refractivity contribution < 1.29 is 19.4 Å². The van der Waals surface area contributed by atoms with Crippen LogP contribution >= 0.6 is 11.6 Å². The van der Waals surface area contributed by atoms with Crippen LogP contribution < -0.4 is 5.32 Å². The Morgan fingerprint density at radius 3 is 2.52 bits per heavy atom. The largest absolute Gasteiger partial charge is 0.481 e. The Labute approximate surface area is 153 Å². The highest BCUT2D eigenvalue weighted by Crippen LogP contribution is 2.21. The number of hydrogen-bond donors (Lipinski definition) is 2. The summed E-state index contributed by atoms with van der Waals surface area (Å²) in [6.45, 7) is 6.54. The Kier molecular flexibility index (Phi) is 6.30. The van der Waals surface area contributed by atoms with Crippen LogP contribution in [0.4, 0.5) is 4.79 Å². The maximum Gasteiger partial charge on any atom is 0.410 e. The number of carboxylic acids is 1. The number of carbonyl (C=O) groups excluding carboxylic acids is 1. The van der Waals surface area contributed by atoms with Crippen LogP contribution in [-0.2, 0) is 16.1 Å². The number of piperidine rings is 1. The van der Waals surface area contributed by atoms with Gasteiger partial charge < -0.3 is 20.1 Å². The quantitative estimate of drug-likeness (QED) is 0.853. The molecule has 2 N–H and O–H groups in total. The Balaban J connectivity index is 1.96. The van der Waals surface area contributed by atoms with E-state index in [1.807, 2.05) is 12.1 Å². The second-order valence-electron chi connectivity index (χ2n) is 7.27. The zero-order valence-electron chi connectivity index (χ0n) is 14.8. The molecule has 1 heterocycles. The molecule has 0 aromatic heterocycles. The van der Waals surface area contributed by atoms with Gasteiger partial charge in [0.1, 0.15) is 5.60 Å². The average molecular weight is 369 g/mol. The molecule has 0 bridgehead atoms. The number of amides is 1. The minimum Gasteiger partial charge on any atom is -0.481 e. The van der Waals surface area contributed by atoms with Gasteiger partial charge in [-0.05, 0) is 44.9 Å². The van der Waals surface area contributed by atoms with Crippen molar-refractivity contribution in [2.75, 3.05) is 13.1 Å². The number of nitrogens with one attached hydrogen (secondary N) is 1. The van der Waals surface area contributed by atoms with Gasteiger partial charge in [-0.1, -0.05) is 23.7 Å². The van der Waals surface area contributed by atoms with Crippen LogP contribution in [0.15, 0.2) is 24.3 Å². The third kappa shape index (κ3) is 5.90. The molecule has 1 aromatic carbocycles. The fourth-order valence-electron chi connectivity index (χ4n) is 2.79. The number of nitrogens with zero attached hydrogens (tertiary/aromatic N) is 1. The predicted octanol–water partition coefficient (Wildman–Crippen LogP) is 3.14. The lowest BCUT2D eigenvalue weighted by atomic mass is 9.92. The van der Waals surface area contributed by atoms with E-state index in [1.165, 1.54) is 4.90 Å². The van der Waals surface area contributed by atoms with Crippen LogP contribution in [0.5, 0.6) is 0 Å². The van der Waals surface area contributed by atoms with Gasteiger partial charge in [0, 0.05) is 30.7 Å². The second kappa shape index (κ2) is 8.06. The van der Waals surface area contributed by atoms with Crippen molar-refractivity contribution in [2.45, 2.75) is 45.4 Å². The first kappa shape index (κ1) is 19.5. The van der Waals surface area contributed by atoms with Gasteiger partial charge in [0.05, 0.1) is 5.92 Å². The molecule has 0 saturated carbocycles. The van der Waals surface area contributed by atoms with Crippen LogP contribution in [0.1, 0.15) is 32.8 Å². The summed E-state index contributed by atoms with van der Waals surface area (Å²) >= 11 is 5.87. The van der Waals surface area contributed by atoms with Gasteiger partial charge in [0.15, 0.2) is 0 Å². The number of carboxylic acid groups (broad SMARTS) is 1. The maximum atomic E-state index is 12.2. The molecule has 1 aliphatic rings. The number of benzene rings is 1. The fourth-order valence-corrected chi connectivity index (χ4v) is 2.92. The lowest BCUT2D eigenvalue weighted by Crippen LogP contribution is -2.54. The van der Waals surface area contributed by atoms with Crippen molar-refractivity contribution in [3.63, 3.8) is 0 Å². The van der Waals surface area contributed by atoms with Gasteiger partial charge in [0.25, 0.3) is 0 Å². The first-order valence-electron chi connectivity index (χ1n) is 8.34. The number of hydrogen-bond acceptors (Lipinski definition) is 4. The lowest BCUT2D eigenvalue weighted by Gasteiger charge is -2.37. The summed E-state index contributed by atoms with van der Waals surface area (Å²) in [5, 5.41) is 13.5. The van der Waals surface area contributed by atoms with E-state index < -0.39 is 23.6 Å². The number of rotatable bonds is 4. The Morgan fingerprint density at radius 1 is 1.32 bits per heavy atom. The maximum absolute atomic E-state index is 12.2. The standard InChI is InChI=1S/C18H25ClN2O4/c1-18(2,3)25-17(24)21-9-8-15(14(11-21)16(22)23)20-10-12-4-6-13(19)7-5-12/h4-7,14-15,20H,8-11H2,1-3H3,(H,22,23)/t14-,15-/m1/s1. The van der Waals surface area contributed by atoms with Crippen molar-refractivity contribution >= 4 is 23.7 Å². The number of ether oxygens (including phenoxy) is 1. The topological polar surface area (TPSA) is 78.9 Å². The van der Waals surface area contributed by atoms with Crippen LogP contribution in [0.25, 0.3) is 0 Å². The summed E-state index contributed by atoms with van der Waals surface area (Å²) in [7, 11) is 0. The van der Waals surface area contributed by atoms with Crippen LogP contribution in [-0.4, -0.2) is 46.8 Å². The molecule has 1 amide bonds. The third-order valence-electron chi connectivity index (χ3n) is 4.06. The van der Waals surface area contributed by atoms with Gasteiger partial charge in [-0.15, -0.1) is 0 Å². The van der Waals surface area contributed by atoms with Gasteiger partial charge in [-0.3, -0.25) is 4.79 Å². The molecule has 7 heteroatoms. The second-order valence-corrected chi connectivity index (χ2v) is 7.71. The van der Waals surface area contributed by atoms with E-state index in [9.17, 15) is 14.7 Å². The molecule has 2 atom stereocenters. The predicted molar refractivity (Wildman–Crippen MR) is 95.6 cm³/mol. The monoisotopic (exact) mass is 368 g/mol. The summed E-state index contributed by atoms with van der Waals surface area (Å²) in [5.41, 5.74) is 0.433. The molecule has 25 heavy (non-hydrogen) atoms. The Bertz CT molecular complexity index is 612. The summed E-state index contributed by atoms with van der Waals surface area (Å²) in [6.07, 6.45) is 0.0963. The van der Waals surface area contributed by atoms with Gasteiger partial charge in [-0.2, -0.15) is 0 Å². The Hall–Kier alpha value is -1.79. The summed E-state index contributed by atoms with van der Waals surface area (Å²) < 4.78 is 5.34. The van der Waals surface area contributed by atoms with E-state index in [1.54, 1.807) is 32.9 Å². The molecule has 6 nitrogen and oxygen atoms in total. The summed E-state index contributed by atoms with van der Waals surface area (Å²) in [4.78, 5) is 25.3. The van der Waals surface area contributed by atoms with Crippen LogP contribution in [0.2, 0.25) is 5.02 Å². The molecular weight excluding hydrogens is 344 g/mol. The highest BCUT2D eigenvalue weighted by Gasteiger charge is 2.37. The first-order chi connectivity index (χ1) is 11.7. The summed E-state index contributed by atoms with van der Waals surface area (Å²) in [5.74, 6) is -1.59. The van der Waals surface area contributed by atoms with Crippen molar-refractivity contribution in [3.05, 3.63) is 34.9 Å². The van der Waals surface area contributed by atoms with Gasteiger partial charge in [0.2, 0.25) is 0 Å². The minimum atomic E-state index is -0.915. The number of likely N-dealkylation sites (tertiary alicyclic amines) is 1. The average Bonchev–Trinajstić information content (AvgIpc) is 2.52. The van der Waals surface area contributed by atoms with Gasteiger partial charge >= 0.3 is 12.1 Å². The third-order valence-corrected chi connectivity index (χ3v) is 4.32. The molecular formula is C18H25ClN2O4. The smallest absolute Gasteiger partial charge is 0.410 e. The Morgan fingerprint density at radius 2 is 1.96 bits per heavy atom. The van der Waals surface area contributed by atoms with E-state index in [-0.39, 0.29) is 12.6 Å². The molecule has 138 valence electrons. The van der Waals surface area contributed by atoms with Crippen molar-refractivity contribution in [1.82, 2.24) is 10.2 Å². The zero-order valence-corrected chi connectivity index (χ0v) is 15.5. The minimum absolute atomic E-state index is 0.141. The van der Waals surface area contributed by atoms with E-state index >= 15 is 0 Å². The molecule has 1 aliphatic heterocycles. The molecule has 0 aliphatic carbocycles. The van der Waals surface area contributed by atoms with Crippen molar-refractivity contribution in [2.24, 2.45) is 5.92 Å². The normalized spacial score (nSPS) is 21.0. The van der Waals surface area contributed by atoms with E-state index in [0.717, 1.165) is 5.56 Å². The highest BCUT2D eigenvalue weighted by molar-refractivity contribution is 6.30. The number of carbonyl (C=O) groups is 2. The fraction of sp³-hybridized carbons (Fsp3) is 0.556. The molecule has 0 radical (unpaired) electrons. The zero-order chi connectivity index (χ0) is 18.6. The summed E-state index contributed by atoms with van der Waals surface area (Å²) in [6, 6.07) is 7.21. The molecule has 1 fully saturated rings. The van der Waals surface area contributed by atoms with E-state index in [4.69, 9.17) is 16.3 Å². The molecule has 2 rings (SSSR count). The molecule has 0 unspecified atom stereocenters. The van der Waals surface area contributed by atoms with E-state index in [2.05, 4.69) is 5.32 Å². The van der Waals surface area contributed by atoms with Crippen molar-refractivity contribution in [3.8, 4) is 0 Å². The number of aliphatic carboxylic acids is 1. The molecule has 1 saturated heterocycles.